The molecule has 90 valence electrons. The van der Waals surface area contributed by atoms with Crippen molar-refractivity contribution in [2.45, 2.75) is 26.6 Å². The first-order valence-corrected chi connectivity index (χ1v) is 5.16. The van der Waals surface area contributed by atoms with Crippen LogP contribution in [-0.2, 0) is 16.1 Å². The molecule has 0 fully saturated rings. The summed E-state index contributed by atoms with van der Waals surface area (Å²) < 4.78 is 10.4. The molecular weight excluding hydrogens is 208 g/mol. The van der Waals surface area contributed by atoms with E-state index in [9.17, 15) is 0 Å². The lowest BCUT2D eigenvalue weighted by molar-refractivity contribution is 0.0695. The van der Waals surface area contributed by atoms with Crippen LogP contribution >= 0.6 is 0 Å². The summed E-state index contributed by atoms with van der Waals surface area (Å²) in [6.45, 7) is 4.86. The van der Waals surface area contributed by atoms with Crippen molar-refractivity contribution in [1.82, 2.24) is 9.97 Å². The van der Waals surface area contributed by atoms with Gasteiger partial charge in [-0.3, -0.25) is 0 Å². The Kier molecular flexibility index (Phi) is 5.10. The van der Waals surface area contributed by atoms with Crippen LogP contribution < -0.4 is 11.3 Å². The molecule has 1 aromatic heterocycles. The van der Waals surface area contributed by atoms with Crippen LogP contribution in [0, 0.1) is 0 Å². The lowest BCUT2D eigenvalue weighted by Gasteiger charge is -2.12. The molecule has 1 atom stereocenters. The first-order chi connectivity index (χ1) is 7.71. The number of hydrogen-bond acceptors (Lipinski definition) is 6. The number of anilines is 1. The number of aromatic nitrogens is 2. The number of nitrogen functional groups attached to an aromatic ring is 1. The second-order valence-corrected chi connectivity index (χ2v) is 3.28. The fraction of sp³-hybridized carbons (Fsp3) is 0.600. The van der Waals surface area contributed by atoms with Crippen LogP contribution in [0.2, 0.25) is 0 Å². The Bertz CT molecular complexity index is 333. The number of rotatable bonds is 6. The van der Waals surface area contributed by atoms with Gasteiger partial charge in [-0.2, -0.15) is 0 Å². The number of ether oxygens (including phenoxy) is 2. The van der Waals surface area contributed by atoms with Gasteiger partial charge in [-0.05, 0) is 13.8 Å². The fourth-order valence-corrected chi connectivity index (χ4v) is 1.32. The normalized spacial score (nSPS) is 12.5. The average Bonchev–Trinajstić information content (AvgIpc) is 2.29. The first kappa shape index (κ1) is 12.8. The molecule has 0 aromatic carbocycles. The van der Waals surface area contributed by atoms with Gasteiger partial charge in [0.05, 0.1) is 12.3 Å². The summed E-state index contributed by atoms with van der Waals surface area (Å²) in [5.74, 6) is 6.50. The van der Waals surface area contributed by atoms with Crippen LogP contribution in [-0.4, -0.2) is 23.7 Å². The number of methoxy groups -OCH3 is 1. The molecule has 0 bridgehead atoms. The minimum atomic E-state index is -0.158. The Morgan fingerprint density at radius 2 is 2.25 bits per heavy atom. The van der Waals surface area contributed by atoms with Crippen molar-refractivity contribution in [2.75, 3.05) is 19.1 Å². The van der Waals surface area contributed by atoms with Gasteiger partial charge in [0.25, 0.3) is 0 Å². The molecule has 16 heavy (non-hydrogen) atoms. The summed E-state index contributed by atoms with van der Waals surface area (Å²) in [5.41, 5.74) is 3.27. The van der Waals surface area contributed by atoms with Crippen LogP contribution in [0.5, 0.6) is 0 Å². The number of nitrogens with one attached hydrogen (secondary N) is 1. The van der Waals surface area contributed by atoms with Crippen molar-refractivity contribution in [3.8, 4) is 0 Å². The highest BCUT2D eigenvalue weighted by Gasteiger charge is 2.11. The summed E-state index contributed by atoms with van der Waals surface area (Å²) in [5, 5.41) is 0. The van der Waals surface area contributed by atoms with E-state index in [2.05, 4.69) is 15.4 Å². The van der Waals surface area contributed by atoms with Crippen LogP contribution in [0.4, 0.5) is 5.82 Å². The molecule has 0 radical (unpaired) electrons. The Balaban J connectivity index is 2.93. The van der Waals surface area contributed by atoms with Gasteiger partial charge < -0.3 is 14.9 Å². The third kappa shape index (κ3) is 3.41. The van der Waals surface area contributed by atoms with Gasteiger partial charge in [-0.25, -0.2) is 15.8 Å². The maximum Gasteiger partial charge on any atom is 0.159 e. The van der Waals surface area contributed by atoms with Gasteiger partial charge in [0.1, 0.15) is 11.9 Å². The molecule has 0 aliphatic rings. The van der Waals surface area contributed by atoms with E-state index in [0.717, 1.165) is 5.69 Å². The number of nitrogens with zero attached hydrogens (tertiary/aromatic N) is 2. The molecule has 1 aromatic rings. The minimum Gasteiger partial charge on any atom is -0.378 e. The molecule has 1 rings (SSSR count). The molecule has 1 heterocycles. The highest BCUT2D eigenvalue weighted by Crippen LogP contribution is 2.15. The second kappa shape index (κ2) is 6.37. The van der Waals surface area contributed by atoms with Crippen molar-refractivity contribution >= 4 is 5.82 Å². The topological polar surface area (TPSA) is 82.3 Å². The lowest BCUT2D eigenvalue weighted by Crippen LogP contribution is -2.14. The molecular formula is C10H18N4O2. The smallest absolute Gasteiger partial charge is 0.159 e. The molecule has 0 saturated carbocycles. The quantitative estimate of drug-likeness (QED) is 0.556. The number of nitrogens with two attached hydrogens (primary N) is 1. The zero-order chi connectivity index (χ0) is 12.0. The van der Waals surface area contributed by atoms with Crippen molar-refractivity contribution < 1.29 is 9.47 Å². The molecule has 3 N–H and O–H groups in total. The van der Waals surface area contributed by atoms with E-state index in [0.29, 0.717) is 24.9 Å². The summed E-state index contributed by atoms with van der Waals surface area (Å²) in [4.78, 5) is 8.56. The van der Waals surface area contributed by atoms with E-state index in [4.69, 9.17) is 15.3 Å². The largest absolute Gasteiger partial charge is 0.378 e. The third-order valence-electron chi connectivity index (χ3n) is 2.02. The highest BCUT2D eigenvalue weighted by molar-refractivity contribution is 5.34. The molecule has 6 nitrogen and oxygen atoms in total. The number of hydrazine groups is 1. The van der Waals surface area contributed by atoms with Crippen molar-refractivity contribution in [3.63, 3.8) is 0 Å². The first-order valence-electron chi connectivity index (χ1n) is 5.16. The van der Waals surface area contributed by atoms with Gasteiger partial charge >= 0.3 is 0 Å². The van der Waals surface area contributed by atoms with Crippen LogP contribution in [0.3, 0.4) is 0 Å². The maximum atomic E-state index is 5.43. The Morgan fingerprint density at radius 1 is 1.50 bits per heavy atom. The predicted molar refractivity (Wildman–Crippen MR) is 60.6 cm³/mol. The maximum absolute atomic E-state index is 5.43. The third-order valence-corrected chi connectivity index (χ3v) is 2.02. The van der Waals surface area contributed by atoms with E-state index in [1.54, 1.807) is 13.2 Å². The Hall–Kier alpha value is -1.24. The summed E-state index contributed by atoms with van der Waals surface area (Å²) in [6, 6.07) is 1.74. The van der Waals surface area contributed by atoms with E-state index < -0.39 is 0 Å². The predicted octanol–water partition coefficient (Wildman–Crippen LogP) is 1.01. The van der Waals surface area contributed by atoms with Crippen LogP contribution in [0.25, 0.3) is 0 Å². The zero-order valence-corrected chi connectivity index (χ0v) is 9.86. The fourth-order valence-electron chi connectivity index (χ4n) is 1.32. The van der Waals surface area contributed by atoms with Crippen molar-refractivity contribution in [2.24, 2.45) is 5.84 Å². The van der Waals surface area contributed by atoms with Gasteiger partial charge in [0.2, 0.25) is 0 Å². The van der Waals surface area contributed by atoms with E-state index >= 15 is 0 Å². The summed E-state index contributed by atoms with van der Waals surface area (Å²) in [6.07, 6.45) is -0.158. The van der Waals surface area contributed by atoms with Crippen molar-refractivity contribution in [3.05, 3.63) is 17.6 Å². The molecule has 0 spiro atoms. The molecule has 0 amide bonds. The van der Waals surface area contributed by atoms with Crippen LogP contribution in [0.1, 0.15) is 31.5 Å². The van der Waals surface area contributed by atoms with E-state index in [1.807, 2.05) is 13.8 Å². The van der Waals surface area contributed by atoms with Gasteiger partial charge in [-0.15, -0.1) is 0 Å². The molecule has 6 heteroatoms. The zero-order valence-electron chi connectivity index (χ0n) is 9.86. The average molecular weight is 226 g/mol. The van der Waals surface area contributed by atoms with E-state index in [-0.39, 0.29) is 6.10 Å². The van der Waals surface area contributed by atoms with Gasteiger partial charge in [-0.1, -0.05) is 0 Å². The molecule has 0 saturated heterocycles. The molecule has 0 aliphatic heterocycles. The lowest BCUT2D eigenvalue weighted by atomic mass is 10.3. The van der Waals surface area contributed by atoms with E-state index in [1.165, 1.54) is 0 Å². The number of hydrogen-bond donors (Lipinski definition) is 2. The van der Waals surface area contributed by atoms with Crippen LogP contribution in [0.15, 0.2) is 6.07 Å². The molecule has 0 aliphatic carbocycles. The standard InChI is InChI=1S/C10H18N4O2/c1-4-16-7(2)10-12-8(6-15-3)5-9(13-10)14-11/h5,7H,4,6,11H2,1-3H3,(H,12,13,14). The second-order valence-electron chi connectivity index (χ2n) is 3.28. The minimum absolute atomic E-state index is 0.158. The SMILES string of the molecule is CCOC(C)c1nc(COC)cc(NN)n1. The Morgan fingerprint density at radius 3 is 2.81 bits per heavy atom. The molecule has 1 unspecified atom stereocenters. The Labute approximate surface area is 95.1 Å². The van der Waals surface area contributed by atoms with Gasteiger partial charge in [0.15, 0.2) is 5.82 Å². The summed E-state index contributed by atoms with van der Waals surface area (Å²) >= 11 is 0. The summed E-state index contributed by atoms with van der Waals surface area (Å²) in [7, 11) is 1.61. The monoisotopic (exact) mass is 226 g/mol. The van der Waals surface area contributed by atoms with Crippen molar-refractivity contribution in [1.29, 1.82) is 0 Å². The van der Waals surface area contributed by atoms with Gasteiger partial charge in [0, 0.05) is 19.8 Å². The highest BCUT2D eigenvalue weighted by atomic mass is 16.5.